The molecule has 0 aromatic heterocycles. The average Bonchev–Trinajstić information content (AvgIpc) is 2.88. The van der Waals surface area contributed by atoms with Crippen LogP contribution in [0, 0.1) is 5.82 Å². The summed E-state index contributed by atoms with van der Waals surface area (Å²) in [5.41, 5.74) is 3.63. The van der Waals surface area contributed by atoms with Crippen LogP contribution < -0.4 is 10.2 Å². The summed E-state index contributed by atoms with van der Waals surface area (Å²) in [6.07, 6.45) is 0.215. The molecule has 0 aliphatic carbocycles. The van der Waals surface area contributed by atoms with Crippen molar-refractivity contribution in [3.63, 3.8) is 0 Å². The Hall–Kier alpha value is -3.96. The Balaban J connectivity index is 1.51. The molecule has 182 valence electrons. The molecule has 4 rings (SSSR count). The largest absolute Gasteiger partial charge is 0.349 e. The Labute approximate surface area is 215 Å². The molecule has 0 radical (unpaired) electrons. The number of anilines is 1. The topological polar surface area (TPSA) is 49.4 Å². The maximum Gasteiger partial charge on any atom is 0.258 e. The SMILES string of the molecule is C[C@H](NC(=O)Cc1ccc(N(Cc2cccc(F)c2)C(=O)c2ccc(Cl)cc2)cc1)c1ccccc1. The fourth-order valence-electron chi connectivity index (χ4n) is 3.94. The van der Waals surface area contributed by atoms with Gasteiger partial charge >= 0.3 is 0 Å². The minimum atomic E-state index is -0.363. The van der Waals surface area contributed by atoms with Gasteiger partial charge in [-0.2, -0.15) is 0 Å². The summed E-state index contributed by atoms with van der Waals surface area (Å²) in [5.74, 6) is -0.691. The maximum atomic E-state index is 13.8. The fraction of sp³-hybridized carbons (Fsp3) is 0.133. The van der Waals surface area contributed by atoms with E-state index in [0.29, 0.717) is 21.8 Å². The third kappa shape index (κ3) is 6.58. The zero-order chi connectivity index (χ0) is 25.5. The van der Waals surface area contributed by atoms with Crippen LogP contribution in [0.5, 0.6) is 0 Å². The summed E-state index contributed by atoms with van der Waals surface area (Å²) >= 11 is 5.99. The van der Waals surface area contributed by atoms with E-state index in [1.807, 2.05) is 49.4 Å². The number of halogens is 2. The molecule has 0 saturated heterocycles. The summed E-state index contributed by atoms with van der Waals surface area (Å²) in [6, 6.07) is 29.8. The van der Waals surface area contributed by atoms with Crippen LogP contribution in [0.4, 0.5) is 10.1 Å². The van der Waals surface area contributed by atoms with Crippen molar-refractivity contribution in [3.8, 4) is 0 Å². The first-order chi connectivity index (χ1) is 17.4. The van der Waals surface area contributed by atoms with Gasteiger partial charge in [-0.05, 0) is 72.1 Å². The van der Waals surface area contributed by atoms with Crippen molar-refractivity contribution in [2.45, 2.75) is 25.9 Å². The number of benzene rings is 4. The van der Waals surface area contributed by atoms with Crippen molar-refractivity contribution in [2.75, 3.05) is 4.90 Å². The first kappa shape index (κ1) is 25.1. The highest BCUT2D eigenvalue weighted by molar-refractivity contribution is 6.30. The second-order valence-corrected chi connectivity index (χ2v) is 9.01. The van der Waals surface area contributed by atoms with Gasteiger partial charge in [0.05, 0.1) is 19.0 Å². The van der Waals surface area contributed by atoms with Crippen LogP contribution >= 0.6 is 11.6 Å². The van der Waals surface area contributed by atoms with Gasteiger partial charge in [-0.15, -0.1) is 0 Å². The molecule has 0 saturated carbocycles. The summed E-state index contributed by atoms with van der Waals surface area (Å²) in [6.45, 7) is 2.14. The second-order valence-electron chi connectivity index (χ2n) is 8.57. The number of hydrogen-bond donors (Lipinski definition) is 1. The molecule has 0 spiro atoms. The van der Waals surface area contributed by atoms with Gasteiger partial charge in [0.25, 0.3) is 5.91 Å². The lowest BCUT2D eigenvalue weighted by molar-refractivity contribution is -0.121. The van der Waals surface area contributed by atoms with E-state index in [4.69, 9.17) is 11.6 Å². The van der Waals surface area contributed by atoms with E-state index < -0.39 is 0 Å². The number of nitrogens with one attached hydrogen (secondary N) is 1. The Kier molecular flexibility index (Phi) is 8.13. The summed E-state index contributed by atoms with van der Waals surface area (Å²) in [7, 11) is 0. The van der Waals surface area contributed by atoms with Crippen molar-refractivity contribution < 1.29 is 14.0 Å². The molecule has 4 nitrogen and oxygen atoms in total. The van der Waals surface area contributed by atoms with Crippen molar-refractivity contribution in [1.82, 2.24) is 5.32 Å². The van der Waals surface area contributed by atoms with Crippen LogP contribution in [0.1, 0.15) is 40.0 Å². The molecule has 36 heavy (non-hydrogen) atoms. The van der Waals surface area contributed by atoms with Crippen molar-refractivity contribution in [1.29, 1.82) is 0 Å². The molecule has 0 aliphatic heterocycles. The quantitative estimate of drug-likeness (QED) is 0.291. The van der Waals surface area contributed by atoms with Gasteiger partial charge in [0.15, 0.2) is 0 Å². The molecule has 6 heteroatoms. The Bertz CT molecular complexity index is 1330. The molecule has 1 atom stereocenters. The van der Waals surface area contributed by atoms with Gasteiger partial charge in [-0.1, -0.05) is 66.2 Å². The number of carbonyl (C=O) groups excluding carboxylic acids is 2. The van der Waals surface area contributed by atoms with E-state index in [9.17, 15) is 14.0 Å². The molecule has 2 amide bonds. The van der Waals surface area contributed by atoms with Crippen molar-refractivity contribution in [2.24, 2.45) is 0 Å². The minimum Gasteiger partial charge on any atom is -0.349 e. The monoisotopic (exact) mass is 500 g/mol. The van der Waals surface area contributed by atoms with Crippen LogP contribution in [0.2, 0.25) is 5.02 Å². The first-order valence-corrected chi connectivity index (χ1v) is 12.0. The van der Waals surface area contributed by atoms with Gasteiger partial charge in [-0.25, -0.2) is 4.39 Å². The third-order valence-electron chi connectivity index (χ3n) is 5.86. The van der Waals surface area contributed by atoms with Crippen molar-refractivity contribution in [3.05, 3.63) is 136 Å². The van der Waals surface area contributed by atoms with Gasteiger partial charge in [0, 0.05) is 16.3 Å². The first-order valence-electron chi connectivity index (χ1n) is 11.6. The highest BCUT2D eigenvalue weighted by Crippen LogP contribution is 2.23. The van der Waals surface area contributed by atoms with Gasteiger partial charge in [0.1, 0.15) is 5.82 Å². The smallest absolute Gasteiger partial charge is 0.258 e. The van der Waals surface area contributed by atoms with E-state index in [1.54, 1.807) is 53.4 Å². The van der Waals surface area contributed by atoms with Gasteiger partial charge in [0.2, 0.25) is 5.91 Å². The molecule has 0 heterocycles. The normalized spacial score (nSPS) is 11.5. The predicted octanol–water partition coefficient (Wildman–Crippen LogP) is 6.75. The fourth-order valence-corrected chi connectivity index (χ4v) is 4.07. The molecule has 0 bridgehead atoms. The molecular formula is C30H26ClFN2O2. The number of hydrogen-bond acceptors (Lipinski definition) is 2. The molecule has 4 aromatic carbocycles. The van der Waals surface area contributed by atoms with E-state index in [2.05, 4.69) is 5.32 Å². The molecule has 4 aromatic rings. The summed E-state index contributed by atoms with van der Waals surface area (Å²) in [4.78, 5) is 27.6. The lowest BCUT2D eigenvalue weighted by atomic mass is 10.1. The number of carbonyl (C=O) groups is 2. The lowest BCUT2D eigenvalue weighted by Crippen LogP contribution is -2.30. The summed E-state index contributed by atoms with van der Waals surface area (Å²) < 4.78 is 13.8. The highest BCUT2D eigenvalue weighted by atomic mass is 35.5. The van der Waals surface area contributed by atoms with Gasteiger partial charge in [-0.3, -0.25) is 9.59 Å². The maximum absolute atomic E-state index is 13.8. The van der Waals surface area contributed by atoms with E-state index in [1.165, 1.54) is 12.1 Å². The highest BCUT2D eigenvalue weighted by Gasteiger charge is 2.19. The predicted molar refractivity (Wildman–Crippen MR) is 142 cm³/mol. The van der Waals surface area contributed by atoms with Crippen LogP contribution in [0.3, 0.4) is 0 Å². The zero-order valence-corrected chi connectivity index (χ0v) is 20.6. The number of nitrogens with zero attached hydrogens (tertiary/aromatic N) is 1. The van der Waals surface area contributed by atoms with E-state index >= 15 is 0 Å². The number of amides is 2. The third-order valence-corrected chi connectivity index (χ3v) is 6.11. The van der Waals surface area contributed by atoms with Crippen molar-refractivity contribution >= 4 is 29.1 Å². The molecular weight excluding hydrogens is 475 g/mol. The zero-order valence-electron chi connectivity index (χ0n) is 19.8. The van der Waals surface area contributed by atoms with E-state index in [0.717, 1.165) is 11.1 Å². The molecule has 1 N–H and O–H groups in total. The Morgan fingerprint density at radius 3 is 2.22 bits per heavy atom. The van der Waals surface area contributed by atoms with Crippen LogP contribution in [-0.2, 0) is 17.8 Å². The summed E-state index contributed by atoms with van der Waals surface area (Å²) in [5, 5.41) is 3.55. The second kappa shape index (κ2) is 11.6. The average molecular weight is 501 g/mol. The molecule has 0 aliphatic rings. The van der Waals surface area contributed by atoms with Crippen LogP contribution in [-0.4, -0.2) is 11.8 Å². The molecule has 0 unspecified atom stereocenters. The standard InChI is InChI=1S/C30H26ClFN2O2/c1-21(24-7-3-2-4-8-24)33-29(35)19-22-10-16-28(17-11-22)34(20-23-6-5-9-27(32)18-23)30(36)25-12-14-26(31)15-13-25/h2-18,21H,19-20H2,1H3,(H,33,35)/t21-/m0/s1. The van der Waals surface area contributed by atoms with E-state index in [-0.39, 0.29) is 36.6 Å². The molecule has 0 fully saturated rings. The minimum absolute atomic E-state index is 0.0899. The Morgan fingerprint density at radius 1 is 0.861 bits per heavy atom. The number of rotatable bonds is 8. The van der Waals surface area contributed by atoms with Crippen LogP contribution in [0.25, 0.3) is 0 Å². The lowest BCUT2D eigenvalue weighted by Gasteiger charge is -2.24. The van der Waals surface area contributed by atoms with Gasteiger partial charge < -0.3 is 10.2 Å². The Morgan fingerprint density at radius 2 is 1.56 bits per heavy atom. The van der Waals surface area contributed by atoms with Crippen LogP contribution in [0.15, 0.2) is 103 Å².